The van der Waals surface area contributed by atoms with Crippen molar-refractivity contribution < 1.29 is 14.3 Å². The van der Waals surface area contributed by atoms with Crippen LogP contribution in [0.3, 0.4) is 0 Å². The molecule has 0 aromatic heterocycles. The first-order valence-corrected chi connectivity index (χ1v) is 6.23. The zero-order valence-corrected chi connectivity index (χ0v) is 11.3. The maximum Gasteiger partial charge on any atom is 0.306 e. The topological polar surface area (TPSA) is 55.4 Å². The molecule has 98 valence electrons. The molecule has 0 radical (unpaired) electrons. The van der Waals surface area contributed by atoms with E-state index in [0.29, 0.717) is 0 Å². The van der Waals surface area contributed by atoms with Crippen molar-refractivity contribution in [2.45, 2.75) is 70.9 Å². The van der Waals surface area contributed by atoms with Crippen LogP contribution in [0.1, 0.15) is 59.8 Å². The fraction of sp³-hybridized carbons (Fsp3) is 0.846. The van der Waals surface area contributed by atoms with Gasteiger partial charge >= 0.3 is 5.97 Å². The molecule has 4 nitrogen and oxygen atoms in total. The van der Waals surface area contributed by atoms with Gasteiger partial charge in [-0.25, -0.2) is 0 Å². The molecule has 1 rings (SSSR count). The van der Waals surface area contributed by atoms with Crippen LogP contribution in [0.15, 0.2) is 0 Å². The molecule has 1 N–H and O–H groups in total. The zero-order chi connectivity index (χ0) is 13.1. The Balaban J connectivity index is 2.21. The van der Waals surface area contributed by atoms with E-state index in [1.54, 1.807) is 0 Å². The van der Waals surface area contributed by atoms with Crippen LogP contribution >= 0.6 is 0 Å². The normalized spacial score (nSPS) is 18.1. The van der Waals surface area contributed by atoms with Crippen LogP contribution in [0.2, 0.25) is 0 Å². The summed E-state index contributed by atoms with van der Waals surface area (Å²) in [7, 11) is 0. The molecule has 0 aromatic rings. The number of amides is 1. The Morgan fingerprint density at radius 2 is 1.82 bits per heavy atom. The fourth-order valence-electron chi connectivity index (χ4n) is 1.84. The largest absolute Gasteiger partial charge is 0.460 e. The second kappa shape index (κ2) is 5.07. The molecule has 0 atom stereocenters. The highest BCUT2D eigenvalue weighted by Crippen LogP contribution is 2.30. The molecule has 0 unspecified atom stereocenters. The van der Waals surface area contributed by atoms with Gasteiger partial charge in [0.15, 0.2) is 0 Å². The molecule has 0 bridgehead atoms. The first-order valence-electron chi connectivity index (χ1n) is 6.23. The van der Waals surface area contributed by atoms with Crippen LogP contribution in [0, 0.1) is 0 Å². The van der Waals surface area contributed by atoms with Crippen LogP contribution in [0.5, 0.6) is 0 Å². The van der Waals surface area contributed by atoms with Crippen molar-refractivity contribution in [1.82, 2.24) is 5.32 Å². The van der Waals surface area contributed by atoms with E-state index in [2.05, 4.69) is 5.32 Å². The molecule has 1 fully saturated rings. The van der Waals surface area contributed by atoms with E-state index in [0.717, 1.165) is 12.8 Å². The fourth-order valence-corrected chi connectivity index (χ4v) is 1.84. The molecule has 0 aliphatic heterocycles. The number of rotatable bonds is 4. The standard InChI is InChI=1S/C13H23NO3/c1-12(2,3)17-11(16)7-6-10(15)14-13(4)8-5-9-13/h5-9H2,1-4H3,(H,14,15). The molecule has 4 heteroatoms. The van der Waals surface area contributed by atoms with E-state index in [1.807, 2.05) is 27.7 Å². The summed E-state index contributed by atoms with van der Waals surface area (Å²) in [6.45, 7) is 7.50. The number of ether oxygens (including phenoxy) is 1. The third-order valence-corrected chi connectivity index (χ3v) is 2.87. The molecule has 17 heavy (non-hydrogen) atoms. The van der Waals surface area contributed by atoms with Gasteiger partial charge in [-0.2, -0.15) is 0 Å². The molecule has 1 saturated carbocycles. The van der Waals surface area contributed by atoms with Crippen molar-refractivity contribution in [3.8, 4) is 0 Å². The number of hydrogen-bond donors (Lipinski definition) is 1. The Labute approximate surface area is 103 Å². The predicted molar refractivity (Wildman–Crippen MR) is 65.5 cm³/mol. The van der Waals surface area contributed by atoms with Crippen LogP contribution in [-0.4, -0.2) is 23.0 Å². The molecular formula is C13H23NO3. The van der Waals surface area contributed by atoms with E-state index in [9.17, 15) is 9.59 Å². The van der Waals surface area contributed by atoms with Crippen LogP contribution in [0.25, 0.3) is 0 Å². The molecule has 0 heterocycles. The first-order chi connectivity index (χ1) is 7.70. The van der Waals surface area contributed by atoms with Crippen molar-refractivity contribution in [3.63, 3.8) is 0 Å². The molecule has 1 aliphatic rings. The van der Waals surface area contributed by atoms with Crippen molar-refractivity contribution in [1.29, 1.82) is 0 Å². The van der Waals surface area contributed by atoms with Crippen molar-refractivity contribution in [2.75, 3.05) is 0 Å². The monoisotopic (exact) mass is 241 g/mol. The Bertz CT molecular complexity index is 300. The van der Waals surface area contributed by atoms with E-state index in [4.69, 9.17) is 4.74 Å². The number of esters is 1. The van der Waals surface area contributed by atoms with Gasteiger partial charge in [0.1, 0.15) is 5.60 Å². The van der Waals surface area contributed by atoms with Crippen LogP contribution < -0.4 is 5.32 Å². The molecule has 1 amide bonds. The molecule has 1 aliphatic carbocycles. The van der Waals surface area contributed by atoms with Gasteiger partial charge in [0.2, 0.25) is 5.91 Å². The van der Waals surface area contributed by atoms with Gasteiger partial charge in [-0.3, -0.25) is 9.59 Å². The lowest BCUT2D eigenvalue weighted by Crippen LogP contribution is -2.51. The van der Waals surface area contributed by atoms with Gasteiger partial charge in [0.05, 0.1) is 6.42 Å². The number of carbonyl (C=O) groups excluding carboxylic acids is 2. The van der Waals surface area contributed by atoms with Crippen molar-refractivity contribution in [3.05, 3.63) is 0 Å². The quantitative estimate of drug-likeness (QED) is 0.767. The number of nitrogens with one attached hydrogen (secondary N) is 1. The Morgan fingerprint density at radius 1 is 1.24 bits per heavy atom. The van der Waals surface area contributed by atoms with E-state index >= 15 is 0 Å². The minimum Gasteiger partial charge on any atom is -0.460 e. The summed E-state index contributed by atoms with van der Waals surface area (Å²) in [4.78, 5) is 23.0. The summed E-state index contributed by atoms with van der Waals surface area (Å²) in [5, 5.41) is 2.96. The second-order valence-electron chi connectivity index (χ2n) is 6.05. The highest BCUT2D eigenvalue weighted by molar-refractivity contribution is 5.81. The van der Waals surface area contributed by atoms with Crippen molar-refractivity contribution >= 4 is 11.9 Å². The lowest BCUT2D eigenvalue weighted by Gasteiger charge is -2.39. The minimum atomic E-state index is -0.479. The van der Waals surface area contributed by atoms with Gasteiger partial charge in [-0.15, -0.1) is 0 Å². The van der Waals surface area contributed by atoms with Crippen LogP contribution in [-0.2, 0) is 14.3 Å². The average Bonchev–Trinajstić information content (AvgIpc) is 2.09. The van der Waals surface area contributed by atoms with Gasteiger partial charge in [0, 0.05) is 12.0 Å². The SMILES string of the molecule is CC1(NC(=O)CCC(=O)OC(C)(C)C)CCC1. The van der Waals surface area contributed by atoms with Crippen molar-refractivity contribution in [2.24, 2.45) is 0 Å². The van der Waals surface area contributed by atoms with Gasteiger partial charge < -0.3 is 10.1 Å². The van der Waals surface area contributed by atoms with E-state index in [-0.39, 0.29) is 30.3 Å². The van der Waals surface area contributed by atoms with Crippen LogP contribution in [0.4, 0.5) is 0 Å². The van der Waals surface area contributed by atoms with Gasteiger partial charge in [-0.1, -0.05) is 0 Å². The summed E-state index contributed by atoms with van der Waals surface area (Å²) < 4.78 is 5.14. The summed E-state index contributed by atoms with van der Waals surface area (Å²) in [5.74, 6) is -0.371. The lowest BCUT2D eigenvalue weighted by molar-refractivity contribution is -0.155. The molecule has 0 saturated heterocycles. The summed E-state index contributed by atoms with van der Waals surface area (Å²) in [6.07, 6.45) is 3.60. The minimum absolute atomic E-state index is 0.0367. The smallest absolute Gasteiger partial charge is 0.306 e. The van der Waals surface area contributed by atoms with E-state index in [1.165, 1.54) is 6.42 Å². The maximum absolute atomic E-state index is 11.6. The van der Waals surface area contributed by atoms with Gasteiger partial charge in [0.25, 0.3) is 0 Å². The molecular weight excluding hydrogens is 218 g/mol. The second-order valence-corrected chi connectivity index (χ2v) is 6.05. The average molecular weight is 241 g/mol. The summed E-state index contributed by atoms with van der Waals surface area (Å²) in [6, 6.07) is 0. The lowest BCUT2D eigenvalue weighted by atomic mass is 9.78. The predicted octanol–water partition coefficient (Wildman–Crippen LogP) is 2.17. The zero-order valence-electron chi connectivity index (χ0n) is 11.3. The Kier molecular flexibility index (Phi) is 4.17. The Morgan fingerprint density at radius 3 is 2.24 bits per heavy atom. The first kappa shape index (κ1) is 14.0. The van der Waals surface area contributed by atoms with Gasteiger partial charge in [-0.05, 0) is 47.0 Å². The highest BCUT2D eigenvalue weighted by atomic mass is 16.6. The number of hydrogen-bond acceptors (Lipinski definition) is 3. The third-order valence-electron chi connectivity index (χ3n) is 2.87. The molecule has 0 spiro atoms. The van der Waals surface area contributed by atoms with E-state index < -0.39 is 5.60 Å². The summed E-state index contributed by atoms with van der Waals surface area (Å²) in [5.41, 5.74) is -0.515. The summed E-state index contributed by atoms with van der Waals surface area (Å²) >= 11 is 0. The highest BCUT2D eigenvalue weighted by Gasteiger charge is 2.33. The third kappa shape index (κ3) is 5.20. The Hall–Kier alpha value is -1.06. The number of carbonyl (C=O) groups is 2. The maximum atomic E-state index is 11.6. The molecule has 0 aromatic carbocycles.